The Hall–Kier alpha value is -1.36. The van der Waals surface area contributed by atoms with Gasteiger partial charge in [-0.2, -0.15) is 0 Å². The van der Waals surface area contributed by atoms with E-state index in [2.05, 4.69) is 15.3 Å². The standard InChI is InChI=1S/C14H21N3O2/c1-9(2)19-13-7-12(15-8-16-13)17-11-5-6-18-14(11)10-3-4-10/h7-11,14H,3-6H2,1-2H3,(H,15,16,17). The lowest BCUT2D eigenvalue weighted by Gasteiger charge is -2.20. The second-order valence-electron chi connectivity index (χ2n) is 5.62. The van der Waals surface area contributed by atoms with Crippen LogP contribution in [0.25, 0.3) is 0 Å². The van der Waals surface area contributed by atoms with Gasteiger partial charge < -0.3 is 14.8 Å². The molecule has 2 fully saturated rings. The van der Waals surface area contributed by atoms with Crippen molar-refractivity contribution in [3.8, 4) is 5.88 Å². The molecule has 0 spiro atoms. The van der Waals surface area contributed by atoms with Gasteiger partial charge in [-0.05, 0) is 39.0 Å². The first-order valence-electron chi connectivity index (χ1n) is 7.09. The van der Waals surface area contributed by atoms with Crippen molar-refractivity contribution in [2.24, 2.45) is 5.92 Å². The predicted molar refractivity (Wildman–Crippen MR) is 72.3 cm³/mol. The number of anilines is 1. The zero-order chi connectivity index (χ0) is 13.2. The minimum absolute atomic E-state index is 0.122. The number of nitrogens with one attached hydrogen (secondary N) is 1. The Morgan fingerprint density at radius 3 is 2.89 bits per heavy atom. The van der Waals surface area contributed by atoms with E-state index in [0.717, 1.165) is 24.8 Å². The third-order valence-electron chi connectivity index (χ3n) is 3.55. The normalized spacial score (nSPS) is 26.7. The Kier molecular flexibility index (Phi) is 3.55. The Morgan fingerprint density at radius 2 is 2.16 bits per heavy atom. The number of rotatable bonds is 5. The van der Waals surface area contributed by atoms with E-state index < -0.39 is 0 Å². The lowest BCUT2D eigenvalue weighted by molar-refractivity contribution is 0.0898. The number of ether oxygens (including phenoxy) is 2. The minimum Gasteiger partial charge on any atom is -0.475 e. The maximum atomic E-state index is 5.82. The highest BCUT2D eigenvalue weighted by molar-refractivity contribution is 5.39. The number of aromatic nitrogens is 2. The van der Waals surface area contributed by atoms with E-state index in [9.17, 15) is 0 Å². The fourth-order valence-corrected chi connectivity index (χ4v) is 2.57. The SMILES string of the molecule is CC(C)Oc1cc(NC2CCOC2C2CC2)ncn1. The van der Waals surface area contributed by atoms with Gasteiger partial charge in [0.15, 0.2) is 0 Å². The summed E-state index contributed by atoms with van der Waals surface area (Å²) >= 11 is 0. The number of nitrogens with zero attached hydrogens (tertiary/aromatic N) is 2. The van der Waals surface area contributed by atoms with Gasteiger partial charge in [-0.3, -0.25) is 0 Å². The first kappa shape index (κ1) is 12.7. The van der Waals surface area contributed by atoms with Crippen molar-refractivity contribution in [2.75, 3.05) is 11.9 Å². The fraction of sp³-hybridized carbons (Fsp3) is 0.714. The lowest BCUT2D eigenvalue weighted by atomic mass is 10.1. The number of hydrogen-bond donors (Lipinski definition) is 1. The Balaban J connectivity index is 1.65. The van der Waals surface area contributed by atoms with Gasteiger partial charge >= 0.3 is 0 Å². The molecule has 19 heavy (non-hydrogen) atoms. The largest absolute Gasteiger partial charge is 0.475 e. The van der Waals surface area contributed by atoms with E-state index in [1.54, 1.807) is 6.33 Å². The monoisotopic (exact) mass is 263 g/mol. The second-order valence-corrected chi connectivity index (χ2v) is 5.62. The molecule has 0 bridgehead atoms. The van der Waals surface area contributed by atoms with Gasteiger partial charge in [0.05, 0.1) is 18.2 Å². The highest BCUT2D eigenvalue weighted by Gasteiger charge is 2.40. The van der Waals surface area contributed by atoms with Crippen LogP contribution in [-0.4, -0.2) is 34.8 Å². The molecule has 104 valence electrons. The summed E-state index contributed by atoms with van der Waals surface area (Å²) in [6.07, 6.45) is 5.66. The molecule has 2 heterocycles. The highest BCUT2D eigenvalue weighted by atomic mass is 16.5. The van der Waals surface area contributed by atoms with Crippen molar-refractivity contribution in [2.45, 2.75) is 51.4 Å². The molecular weight excluding hydrogens is 242 g/mol. The zero-order valence-corrected chi connectivity index (χ0v) is 11.5. The van der Waals surface area contributed by atoms with E-state index in [0.29, 0.717) is 18.0 Å². The molecule has 1 aliphatic carbocycles. The highest BCUT2D eigenvalue weighted by Crippen LogP contribution is 2.39. The van der Waals surface area contributed by atoms with E-state index in [4.69, 9.17) is 9.47 Å². The van der Waals surface area contributed by atoms with Crippen LogP contribution in [0.1, 0.15) is 33.1 Å². The molecule has 1 aliphatic heterocycles. The van der Waals surface area contributed by atoms with Crippen LogP contribution in [0.2, 0.25) is 0 Å². The molecule has 1 N–H and O–H groups in total. The molecule has 1 aromatic rings. The molecular formula is C14H21N3O2. The van der Waals surface area contributed by atoms with Crippen LogP contribution in [0.5, 0.6) is 5.88 Å². The first-order valence-corrected chi connectivity index (χ1v) is 7.09. The van der Waals surface area contributed by atoms with E-state index in [-0.39, 0.29) is 6.10 Å². The van der Waals surface area contributed by atoms with Crippen molar-refractivity contribution in [1.82, 2.24) is 9.97 Å². The molecule has 1 saturated heterocycles. The van der Waals surface area contributed by atoms with Crippen LogP contribution >= 0.6 is 0 Å². The van der Waals surface area contributed by atoms with Crippen molar-refractivity contribution >= 4 is 5.82 Å². The van der Waals surface area contributed by atoms with Gasteiger partial charge in [0, 0.05) is 12.7 Å². The summed E-state index contributed by atoms with van der Waals surface area (Å²) in [5, 5.41) is 3.47. The summed E-state index contributed by atoms with van der Waals surface area (Å²) in [7, 11) is 0. The van der Waals surface area contributed by atoms with Gasteiger partial charge in [-0.1, -0.05) is 0 Å². The summed E-state index contributed by atoms with van der Waals surface area (Å²) < 4.78 is 11.4. The molecule has 0 aromatic carbocycles. The molecule has 2 unspecified atom stereocenters. The summed E-state index contributed by atoms with van der Waals surface area (Å²) in [5.74, 6) is 2.19. The third kappa shape index (κ3) is 3.15. The first-order chi connectivity index (χ1) is 9.22. The summed E-state index contributed by atoms with van der Waals surface area (Å²) in [6.45, 7) is 4.82. The number of hydrogen-bond acceptors (Lipinski definition) is 5. The van der Waals surface area contributed by atoms with Crippen molar-refractivity contribution < 1.29 is 9.47 Å². The molecule has 0 amide bonds. The topological polar surface area (TPSA) is 56.3 Å². The summed E-state index contributed by atoms with van der Waals surface area (Å²) in [6, 6.07) is 2.23. The molecule has 1 saturated carbocycles. The third-order valence-corrected chi connectivity index (χ3v) is 3.55. The molecule has 1 aromatic heterocycles. The van der Waals surface area contributed by atoms with Gasteiger partial charge in [-0.25, -0.2) is 9.97 Å². The van der Waals surface area contributed by atoms with E-state index in [1.807, 2.05) is 19.9 Å². The molecule has 2 aliphatic rings. The zero-order valence-electron chi connectivity index (χ0n) is 11.5. The van der Waals surface area contributed by atoms with Gasteiger partial charge in [0.2, 0.25) is 5.88 Å². The van der Waals surface area contributed by atoms with Crippen LogP contribution in [-0.2, 0) is 4.74 Å². The lowest BCUT2D eigenvalue weighted by Crippen LogP contribution is -2.31. The smallest absolute Gasteiger partial charge is 0.218 e. The van der Waals surface area contributed by atoms with Crippen LogP contribution in [0.4, 0.5) is 5.82 Å². The maximum Gasteiger partial charge on any atom is 0.218 e. The molecule has 0 radical (unpaired) electrons. The average molecular weight is 263 g/mol. The maximum absolute atomic E-state index is 5.82. The molecule has 3 rings (SSSR count). The van der Waals surface area contributed by atoms with Crippen LogP contribution in [0, 0.1) is 5.92 Å². The van der Waals surface area contributed by atoms with E-state index >= 15 is 0 Å². The van der Waals surface area contributed by atoms with Crippen LogP contribution in [0.15, 0.2) is 12.4 Å². The molecule has 5 heteroatoms. The Labute approximate surface area is 113 Å². The summed E-state index contributed by atoms with van der Waals surface area (Å²) in [4.78, 5) is 8.38. The van der Waals surface area contributed by atoms with E-state index in [1.165, 1.54) is 12.8 Å². The van der Waals surface area contributed by atoms with Gasteiger partial charge in [0.1, 0.15) is 12.1 Å². The van der Waals surface area contributed by atoms with Gasteiger partial charge in [-0.15, -0.1) is 0 Å². The Bertz CT molecular complexity index is 434. The summed E-state index contributed by atoms with van der Waals surface area (Å²) in [5.41, 5.74) is 0. The Morgan fingerprint density at radius 1 is 1.32 bits per heavy atom. The fourth-order valence-electron chi connectivity index (χ4n) is 2.57. The van der Waals surface area contributed by atoms with Crippen molar-refractivity contribution in [3.05, 3.63) is 12.4 Å². The van der Waals surface area contributed by atoms with Crippen molar-refractivity contribution in [3.63, 3.8) is 0 Å². The van der Waals surface area contributed by atoms with Gasteiger partial charge in [0.25, 0.3) is 0 Å². The van der Waals surface area contributed by atoms with Crippen molar-refractivity contribution in [1.29, 1.82) is 0 Å². The molecule has 5 nitrogen and oxygen atoms in total. The second kappa shape index (κ2) is 5.33. The predicted octanol–water partition coefficient (Wildman–Crippen LogP) is 2.24. The quantitative estimate of drug-likeness (QED) is 0.883. The average Bonchev–Trinajstić information content (AvgIpc) is 3.10. The van der Waals surface area contributed by atoms with Crippen LogP contribution in [0.3, 0.4) is 0 Å². The van der Waals surface area contributed by atoms with Crippen LogP contribution < -0.4 is 10.1 Å². The minimum atomic E-state index is 0.122. The molecule has 2 atom stereocenters.